The first-order valence-electron chi connectivity index (χ1n) is 10.2. The molecular formula is C22H25ClFN3O4S. The second kappa shape index (κ2) is 9.97. The topological polar surface area (TPSA) is 95.6 Å². The van der Waals surface area contributed by atoms with E-state index in [9.17, 15) is 22.4 Å². The Balaban J connectivity index is 1.59. The van der Waals surface area contributed by atoms with E-state index in [1.165, 1.54) is 17.3 Å². The fourth-order valence-corrected chi connectivity index (χ4v) is 5.39. The van der Waals surface area contributed by atoms with E-state index in [-0.39, 0.29) is 46.8 Å². The van der Waals surface area contributed by atoms with Gasteiger partial charge in [-0.15, -0.1) is 0 Å². The summed E-state index contributed by atoms with van der Waals surface area (Å²) in [6, 6.07) is 10.3. The number of hydrogen-bond acceptors (Lipinski definition) is 4. The van der Waals surface area contributed by atoms with Crippen molar-refractivity contribution in [3.8, 4) is 0 Å². The van der Waals surface area contributed by atoms with Gasteiger partial charge in [0.2, 0.25) is 21.8 Å². The van der Waals surface area contributed by atoms with E-state index in [2.05, 4.69) is 10.6 Å². The molecule has 1 unspecified atom stereocenters. The zero-order valence-corrected chi connectivity index (χ0v) is 19.3. The Morgan fingerprint density at radius 1 is 1.16 bits per heavy atom. The smallest absolute Gasteiger partial charge is 0.243 e. The van der Waals surface area contributed by atoms with Crippen LogP contribution in [0.3, 0.4) is 0 Å². The average molecular weight is 482 g/mol. The van der Waals surface area contributed by atoms with E-state index in [0.717, 1.165) is 17.7 Å². The maximum Gasteiger partial charge on any atom is 0.243 e. The molecule has 0 aliphatic carbocycles. The summed E-state index contributed by atoms with van der Waals surface area (Å²) < 4.78 is 40.3. The summed E-state index contributed by atoms with van der Waals surface area (Å²) in [5, 5.41) is 5.43. The van der Waals surface area contributed by atoms with E-state index in [1.807, 2.05) is 13.0 Å². The Kier molecular flexibility index (Phi) is 7.53. The maximum absolute atomic E-state index is 13.4. The first-order chi connectivity index (χ1) is 15.1. The number of amides is 2. The molecule has 1 aliphatic rings. The van der Waals surface area contributed by atoms with Gasteiger partial charge in [0.15, 0.2) is 0 Å². The van der Waals surface area contributed by atoms with Gasteiger partial charge >= 0.3 is 0 Å². The van der Waals surface area contributed by atoms with Crippen LogP contribution in [0.15, 0.2) is 47.4 Å². The van der Waals surface area contributed by atoms with Gasteiger partial charge in [-0.05, 0) is 55.7 Å². The summed E-state index contributed by atoms with van der Waals surface area (Å²) >= 11 is 5.73. The lowest BCUT2D eigenvalue weighted by Gasteiger charge is -2.31. The van der Waals surface area contributed by atoms with Crippen molar-refractivity contribution in [3.05, 3.63) is 58.9 Å². The molecule has 1 heterocycles. The third-order valence-electron chi connectivity index (χ3n) is 5.42. The van der Waals surface area contributed by atoms with Gasteiger partial charge < -0.3 is 10.6 Å². The molecule has 0 saturated carbocycles. The molecule has 0 aromatic heterocycles. The zero-order valence-electron chi connectivity index (χ0n) is 17.8. The molecular weight excluding hydrogens is 457 g/mol. The number of sulfonamides is 1. The Morgan fingerprint density at radius 3 is 2.47 bits per heavy atom. The van der Waals surface area contributed by atoms with Gasteiger partial charge in [-0.1, -0.05) is 23.7 Å². The molecule has 172 valence electrons. The Morgan fingerprint density at radius 2 is 1.84 bits per heavy atom. The largest absolute Gasteiger partial charge is 0.349 e. The first kappa shape index (κ1) is 24.2. The van der Waals surface area contributed by atoms with Gasteiger partial charge in [0.25, 0.3) is 0 Å². The lowest BCUT2D eigenvalue weighted by Crippen LogP contribution is -2.43. The van der Waals surface area contributed by atoms with Crippen LogP contribution in [0.25, 0.3) is 0 Å². The number of piperidine rings is 1. The highest BCUT2D eigenvalue weighted by molar-refractivity contribution is 7.89. The second-order valence-electron chi connectivity index (χ2n) is 7.79. The summed E-state index contributed by atoms with van der Waals surface area (Å²) in [5.41, 5.74) is 1.49. The third kappa shape index (κ3) is 5.65. The fraction of sp³-hybridized carbons (Fsp3) is 0.364. The molecule has 1 atom stereocenters. The fourth-order valence-electron chi connectivity index (χ4n) is 3.65. The number of carbonyl (C=O) groups is 2. The highest BCUT2D eigenvalue weighted by atomic mass is 35.5. The molecule has 10 heteroatoms. The van der Waals surface area contributed by atoms with Gasteiger partial charge in [-0.25, -0.2) is 12.8 Å². The molecule has 7 nitrogen and oxygen atoms in total. The van der Waals surface area contributed by atoms with Crippen molar-refractivity contribution in [2.24, 2.45) is 5.92 Å². The Labute approximate surface area is 192 Å². The Hall–Kier alpha value is -2.49. The van der Waals surface area contributed by atoms with E-state index < -0.39 is 15.8 Å². The number of rotatable bonds is 6. The van der Waals surface area contributed by atoms with Crippen LogP contribution in [0.1, 0.15) is 38.3 Å². The standard InChI is InChI=1S/C22H25ClFN3O4S/c1-14(17-4-3-5-18(12-17)26-15(2)28)25-22(29)16-8-10-27(11-9-16)32(30,31)19-6-7-21(24)20(23)13-19/h3-7,12-14,16H,8-11H2,1-2H3,(H,25,29)(H,26,28). The van der Waals surface area contributed by atoms with Crippen molar-refractivity contribution in [2.75, 3.05) is 18.4 Å². The van der Waals surface area contributed by atoms with Crippen LogP contribution in [0.5, 0.6) is 0 Å². The molecule has 1 fully saturated rings. The summed E-state index contributed by atoms with van der Waals surface area (Å²) in [4.78, 5) is 23.9. The van der Waals surface area contributed by atoms with Crippen molar-refractivity contribution >= 4 is 39.1 Å². The van der Waals surface area contributed by atoms with Crippen molar-refractivity contribution in [1.82, 2.24) is 9.62 Å². The molecule has 0 bridgehead atoms. The summed E-state index contributed by atoms with van der Waals surface area (Å²) in [6.45, 7) is 3.64. The third-order valence-corrected chi connectivity index (χ3v) is 7.60. The number of carbonyl (C=O) groups excluding carboxylic acids is 2. The van der Waals surface area contributed by atoms with Crippen molar-refractivity contribution in [1.29, 1.82) is 0 Å². The quantitative estimate of drug-likeness (QED) is 0.657. The van der Waals surface area contributed by atoms with E-state index in [1.54, 1.807) is 18.2 Å². The minimum Gasteiger partial charge on any atom is -0.349 e. The molecule has 0 radical (unpaired) electrons. The van der Waals surface area contributed by atoms with Crippen molar-refractivity contribution in [2.45, 2.75) is 37.6 Å². The molecule has 2 aromatic rings. The number of hydrogen-bond donors (Lipinski definition) is 2. The van der Waals surface area contributed by atoms with Crippen LogP contribution in [0, 0.1) is 11.7 Å². The lowest BCUT2D eigenvalue weighted by molar-refractivity contribution is -0.126. The predicted octanol–water partition coefficient (Wildman–Crippen LogP) is 3.72. The number of benzene rings is 2. The van der Waals surface area contributed by atoms with E-state index in [0.29, 0.717) is 18.5 Å². The number of nitrogens with one attached hydrogen (secondary N) is 2. The minimum atomic E-state index is -3.82. The summed E-state index contributed by atoms with van der Waals surface area (Å²) in [6.07, 6.45) is 0.747. The van der Waals surface area contributed by atoms with Gasteiger partial charge in [0.1, 0.15) is 5.82 Å². The first-order valence-corrected chi connectivity index (χ1v) is 12.0. The van der Waals surface area contributed by atoms with Crippen LogP contribution in [0.4, 0.5) is 10.1 Å². The molecule has 3 rings (SSSR count). The maximum atomic E-state index is 13.4. The normalized spacial score (nSPS) is 16.4. The average Bonchev–Trinajstić information content (AvgIpc) is 2.75. The molecule has 2 amide bonds. The zero-order chi connectivity index (χ0) is 23.5. The monoisotopic (exact) mass is 481 g/mol. The van der Waals surface area contributed by atoms with Gasteiger partial charge in [-0.2, -0.15) is 4.31 Å². The van der Waals surface area contributed by atoms with Crippen LogP contribution >= 0.6 is 11.6 Å². The van der Waals surface area contributed by atoms with Gasteiger partial charge in [-0.3, -0.25) is 9.59 Å². The Bertz CT molecular complexity index is 1120. The molecule has 1 saturated heterocycles. The van der Waals surface area contributed by atoms with Gasteiger partial charge in [0.05, 0.1) is 16.0 Å². The second-order valence-corrected chi connectivity index (χ2v) is 10.1. The predicted molar refractivity (Wildman–Crippen MR) is 120 cm³/mol. The van der Waals surface area contributed by atoms with Crippen molar-refractivity contribution < 1.29 is 22.4 Å². The van der Waals surface area contributed by atoms with Crippen molar-refractivity contribution in [3.63, 3.8) is 0 Å². The van der Waals surface area contributed by atoms with Crippen LogP contribution in [0.2, 0.25) is 5.02 Å². The highest BCUT2D eigenvalue weighted by Crippen LogP contribution is 2.27. The van der Waals surface area contributed by atoms with Crippen LogP contribution in [-0.4, -0.2) is 37.6 Å². The number of halogens is 2. The number of nitrogens with zero attached hydrogens (tertiary/aromatic N) is 1. The molecule has 2 N–H and O–H groups in total. The molecule has 2 aromatic carbocycles. The lowest BCUT2D eigenvalue weighted by atomic mass is 9.96. The van der Waals surface area contributed by atoms with Crippen LogP contribution in [-0.2, 0) is 19.6 Å². The van der Waals surface area contributed by atoms with E-state index in [4.69, 9.17) is 11.6 Å². The SMILES string of the molecule is CC(=O)Nc1cccc(C(C)NC(=O)C2CCN(S(=O)(=O)c3ccc(F)c(Cl)c3)CC2)c1. The molecule has 0 spiro atoms. The summed E-state index contributed by atoms with van der Waals surface area (Å²) in [7, 11) is -3.82. The molecule has 32 heavy (non-hydrogen) atoms. The summed E-state index contributed by atoms with van der Waals surface area (Å²) in [5.74, 6) is -1.33. The highest BCUT2D eigenvalue weighted by Gasteiger charge is 2.32. The van der Waals surface area contributed by atoms with Gasteiger partial charge in [0, 0.05) is 31.6 Å². The molecule has 1 aliphatic heterocycles. The minimum absolute atomic E-state index is 0.0699. The number of anilines is 1. The van der Waals surface area contributed by atoms with E-state index >= 15 is 0 Å². The van der Waals surface area contributed by atoms with Crippen LogP contribution < -0.4 is 10.6 Å².